The van der Waals surface area contributed by atoms with Gasteiger partial charge in [-0.2, -0.15) is 13.2 Å². The van der Waals surface area contributed by atoms with Crippen molar-refractivity contribution in [3.63, 3.8) is 0 Å². The second kappa shape index (κ2) is 5.90. The summed E-state index contributed by atoms with van der Waals surface area (Å²) in [5.41, 5.74) is 0.336. The van der Waals surface area contributed by atoms with E-state index in [1.807, 2.05) is 0 Å². The molecule has 9 heteroatoms. The zero-order chi connectivity index (χ0) is 15.6. The van der Waals surface area contributed by atoms with Crippen molar-refractivity contribution in [2.45, 2.75) is 6.18 Å². The number of nitrogens with zero attached hydrogens (tertiary/aromatic N) is 1. The molecule has 0 unspecified atom stereocenters. The monoisotopic (exact) mass is 336 g/mol. The molecule has 112 valence electrons. The lowest BCUT2D eigenvalue weighted by molar-refractivity contribution is -0.137. The van der Waals surface area contributed by atoms with Gasteiger partial charge in [0, 0.05) is 0 Å². The summed E-state index contributed by atoms with van der Waals surface area (Å²) in [7, 11) is 1.08. The van der Waals surface area contributed by atoms with E-state index in [-0.39, 0.29) is 27.1 Å². The fourth-order valence-electron chi connectivity index (χ4n) is 1.45. The van der Waals surface area contributed by atoms with Crippen LogP contribution in [0.15, 0.2) is 24.3 Å². The van der Waals surface area contributed by atoms with Crippen molar-refractivity contribution in [1.82, 2.24) is 4.98 Å². The molecule has 1 aromatic heterocycles. The minimum Gasteiger partial charge on any atom is -0.465 e. The van der Waals surface area contributed by atoms with Gasteiger partial charge in [0.05, 0.1) is 17.8 Å². The quantitative estimate of drug-likeness (QED) is 0.847. The van der Waals surface area contributed by atoms with Crippen LogP contribution in [0.25, 0.3) is 0 Å². The summed E-state index contributed by atoms with van der Waals surface area (Å²) in [4.78, 5) is 14.7. The number of nitrogens with one attached hydrogen (secondary N) is 1. The summed E-state index contributed by atoms with van der Waals surface area (Å²) in [5, 5.41) is 1.76. The van der Waals surface area contributed by atoms with Gasteiger partial charge in [-0.05, 0) is 12.1 Å². The highest BCUT2D eigenvalue weighted by atomic mass is 35.5. The van der Waals surface area contributed by atoms with Crippen molar-refractivity contribution in [2.24, 2.45) is 0 Å². The molecule has 0 saturated heterocycles. The normalized spacial score (nSPS) is 11.3. The smallest absolute Gasteiger partial charge is 0.443 e. The summed E-state index contributed by atoms with van der Waals surface area (Å²) >= 11 is 6.12. The number of thiazole rings is 1. The zero-order valence-electron chi connectivity index (χ0n) is 10.5. The van der Waals surface area contributed by atoms with Gasteiger partial charge in [-0.1, -0.05) is 23.7 Å². The maximum atomic E-state index is 12.7. The first-order chi connectivity index (χ1) is 9.82. The second-order valence-corrected chi connectivity index (χ2v) is 5.20. The van der Waals surface area contributed by atoms with Gasteiger partial charge in [0.2, 0.25) is 5.01 Å². The molecule has 1 aromatic carbocycles. The lowest BCUT2D eigenvalue weighted by Crippen LogP contribution is -2.04. The largest absolute Gasteiger partial charge is 0.465 e. The number of aromatic nitrogens is 1. The average Bonchev–Trinajstić information content (AvgIpc) is 2.84. The minimum absolute atomic E-state index is 0.208. The van der Waals surface area contributed by atoms with E-state index in [0.717, 1.165) is 7.11 Å². The van der Waals surface area contributed by atoms with E-state index < -0.39 is 17.2 Å². The summed E-state index contributed by atoms with van der Waals surface area (Å²) in [6, 6.07) is 6.41. The van der Waals surface area contributed by atoms with Gasteiger partial charge in [-0.15, -0.1) is 11.3 Å². The lowest BCUT2D eigenvalue weighted by Gasteiger charge is -2.06. The van der Waals surface area contributed by atoms with Gasteiger partial charge in [-0.25, -0.2) is 9.78 Å². The highest BCUT2D eigenvalue weighted by molar-refractivity contribution is 7.14. The predicted molar refractivity (Wildman–Crippen MR) is 73.2 cm³/mol. The Labute approximate surface area is 126 Å². The predicted octanol–water partition coefficient (Wildman–Crippen LogP) is 4.35. The number of carbonyl (C=O) groups is 1. The maximum absolute atomic E-state index is 12.7. The van der Waals surface area contributed by atoms with Gasteiger partial charge >= 0.3 is 12.1 Å². The van der Waals surface area contributed by atoms with E-state index >= 15 is 0 Å². The van der Waals surface area contributed by atoms with Gasteiger partial charge in [0.25, 0.3) is 0 Å². The van der Waals surface area contributed by atoms with Crippen LogP contribution in [0.2, 0.25) is 5.02 Å². The molecular weight excluding hydrogens is 329 g/mol. The molecule has 0 atom stereocenters. The van der Waals surface area contributed by atoms with Crippen LogP contribution in [0, 0.1) is 0 Å². The van der Waals surface area contributed by atoms with E-state index in [4.69, 9.17) is 11.6 Å². The Morgan fingerprint density at radius 1 is 1.38 bits per heavy atom. The molecule has 0 bridgehead atoms. The number of esters is 1. The van der Waals surface area contributed by atoms with Crippen molar-refractivity contribution in [1.29, 1.82) is 0 Å². The molecule has 4 nitrogen and oxygen atoms in total. The number of ether oxygens (including phenoxy) is 1. The van der Waals surface area contributed by atoms with Crippen molar-refractivity contribution >= 4 is 40.4 Å². The van der Waals surface area contributed by atoms with Crippen molar-refractivity contribution in [2.75, 3.05) is 12.4 Å². The molecule has 1 heterocycles. The molecule has 0 fully saturated rings. The van der Waals surface area contributed by atoms with E-state index in [9.17, 15) is 18.0 Å². The fourth-order valence-corrected chi connectivity index (χ4v) is 2.44. The number of anilines is 2. The van der Waals surface area contributed by atoms with Gasteiger partial charge in [-0.3, -0.25) is 0 Å². The number of halogens is 4. The minimum atomic E-state index is -4.64. The molecule has 21 heavy (non-hydrogen) atoms. The number of hydrogen-bond donors (Lipinski definition) is 1. The van der Waals surface area contributed by atoms with E-state index in [2.05, 4.69) is 15.0 Å². The number of hydrogen-bond acceptors (Lipinski definition) is 5. The average molecular weight is 337 g/mol. The third-order valence-electron chi connectivity index (χ3n) is 2.37. The van der Waals surface area contributed by atoms with Crippen LogP contribution in [-0.2, 0) is 10.9 Å². The highest BCUT2D eigenvalue weighted by Gasteiger charge is 2.37. The molecule has 1 N–H and O–H groups in total. The number of methoxy groups -OCH3 is 1. The third-order valence-corrected chi connectivity index (χ3v) is 3.78. The maximum Gasteiger partial charge on any atom is 0.443 e. The number of carbonyl (C=O) groups excluding carboxylic acids is 1. The van der Waals surface area contributed by atoms with Crippen molar-refractivity contribution in [3.05, 3.63) is 39.2 Å². The second-order valence-electron chi connectivity index (χ2n) is 3.79. The Kier molecular flexibility index (Phi) is 4.38. The summed E-state index contributed by atoms with van der Waals surface area (Å²) in [6.45, 7) is 0. The molecular formula is C12H8ClF3N2O2S. The van der Waals surface area contributed by atoms with E-state index in [1.54, 1.807) is 24.3 Å². The molecule has 0 amide bonds. The number of alkyl halides is 3. The summed E-state index contributed by atoms with van der Waals surface area (Å²) < 4.78 is 42.6. The van der Waals surface area contributed by atoms with Crippen LogP contribution in [0.5, 0.6) is 0 Å². The Balaban J connectivity index is 2.44. The zero-order valence-corrected chi connectivity index (χ0v) is 12.1. The first-order valence-corrected chi connectivity index (χ1v) is 6.70. The Hall–Kier alpha value is -1.80. The lowest BCUT2D eigenvalue weighted by atomic mass is 10.3. The third kappa shape index (κ3) is 3.45. The molecule has 2 rings (SSSR count). The van der Waals surface area contributed by atoms with E-state index in [0.29, 0.717) is 5.69 Å². The number of para-hydroxylation sites is 1. The standard InChI is InChI=1S/C12H8ClF3N2O2S/c1-20-10(19)8-9(18-11(21-8)12(14,15)16)17-7-5-3-2-4-6(7)13/h2-5,17H,1H3. The van der Waals surface area contributed by atoms with Gasteiger partial charge < -0.3 is 10.1 Å². The Morgan fingerprint density at radius 2 is 2.05 bits per heavy atom. The van der Waals surface area contributed by atoms with Crippen LogP contribution >= 0.6 is 22.9 Å². The highest BCUT2D eigenvalue weighted by Crippen LogP contribution is 2.37. The van der Waals surface area contributed by atoms with Crippen LogP contribution in [0.4, 0.5) is 24.7 Å². The Bertz CT molecular complexity index is 673. The fraction of sp³-hybridized carbons (Fsp3) is 0.167. The SMILES string of the molecule is COC(=O)c1sc(C(F)(F)F)nc1Nc1ccccc1Cl. The molecule has 0 spiro atoms. The van der Waals surface area contributed by atoms with Gasteiger partial charge in [0.15, 0.2) is 10.7 Å². The van der Waals surface area contributed by atoms with Crippen LogP contribution < -0.4 is 5.32 Å². The van der Waals surface area contributed by atoms with Crippen LogP contribution in [0.3, 0.4) is 0 Å². The first kappa shape index (κ1) is 15.6. The number of rotatable bonds is 3. The van der Waals surface area contributed by atoms with Gasteiger partial charge in [0.1, 0.15) is 0 Å². The summed E-state index contributed by atoms with van der Waals surface area (Å²) in [5.74, 6) is -1.15. The number of benzene rings is 1. The summed E-state index contributed by atoms with van der Waals surface area (Å²) in [6.07, 6.45) is -4.64. The Morgan fingerprint density at radius 3 is 2.62 bits per heavy atom. The molecule has 0 aliphatic carbocycles. The molecule has 2 aromatic rings. The molecule has 0 saturated carbocycles. The van der Waals surface area contributed by atoms with Crippen LogP contribution in [-0.4, -0.2) is 18.1 Å². The topological polar surface area (TPSA) is 51.2 Å². The van der Waals surface area contributed by atoms with E-state index in [1.165, 1.54) is 0 Å². The molecule has 0 aliphatic rings. The van der Waals surface area contributed by atoms with Crippen LogP contribution in [0.1, 0.15) is 14.7 Å². The van der Waals surface area contributed by atoms with Crippen molar-refractivity contribution in [3.8, 4) is 0 Å². The first-order valence-electron chi connectivity index (χ1n) is 5.51. The van der Waals surface area contributed by atoms with Crippen molar-refractivity contribution < 1.29 is 22.7 Å². The molecule has 0 aliphatic heterocycles. The molecule has 0 radical (unpaired) electrons.